The molecule has 5 heteroatoms. The predicted molar refractivity (Wildman–Crippen MR) is 104 cm³/mol. The van der Waals surface area contributed by atoms with Crippen LogP contribution in [-0.2, 0) is 22.4 Å². The van der Waals surface area contributed by atoms with Gasteiger partial charge in [-0.25, -0.2) is 0 Å². The Morgan fingerprint density at radius 2 is 1.85 bits per heavy atom. The molecule has 5 nitrogen and oxygen atoms in total. The van der Waals surface area contributed by atoms with Gasteiger partial charge in [-0.1, -0.05) is 30.3 Å². The lowest BCUT2D eigenvalue weighted by atomic mass is 10.1. The SMILES string of the molecule is CCNC(=O)Cc1ccc(NCC(=O)N2c3ccccc3C[C@@H]2C)cc1. The zero-order valence-corrected chi connectivity index (χ0v) is 15.3. The number of hydrogen-bond acceptors (Lipinski definition) is 3. The van der Waals surface area contributed by atoms with Crippen LogP contribution in [0.1, 0.15) is 25.0 Å². The highest BCUT2D eigenvalue weighted by Gasteiger charge is 2.30. The van der Waals surface area contributed by atoms with Crippen molar-refractivity contribution in [1.82, 2.24) is 5.32 Å². The van der Waals surface area contributed by atoms with Crippen molar-refractivity contribution in [2.24, 2.45) is 0 Å². The lowest BCUT2D eigenvalue weighted by Gasteiger charge is -2.23. The number of amides is 2. The average Bonchev–Trinajstić information content (AvgIpc) is 2.97. The lowest BCUT2D eigenvalue weighted by Crippen LogP contribution is -2.39. The predicted octanol–water partition coefficient (Wildman–Crippen LogP) is 2.75. The molecule has 2 aromatic rings. The van der Waals surface area contributed by atoms with Crippen LogP contribution in [0.25, 0.3) is 0 Å². The molecule has 2 N–H and O–H groups in total. The number of nitrogens with zero attached hydrogens (tertiary/aromatic N) is 1. The number of para-hydroxylation sites is 1. The molecule has 1 atom stereocenters. The van der Waals surface area contributed by atoms with Crippen LogP contribution in [0.2, 0.25) is 0 Å². The molecule has 2 aromatic carbocycles. The fourth-order valence-electron chi connectivity index (χ4n) is 3.39. The van der Waals surface area contributed by atoms with Crippen molar-refractivity contribution in [2.75, 3.05) is 23.3 Å². The van der Waals surface area contributed by atoms with E-state index in [1.165, 1.54) is 5.56 Å². The molecule has 136 valence electrons. The van der Waals surface area contributed by atoms with Crippen LogP contribution in [0.3, 0.4) is 0 Å². The quantitative estimate of drug-likeness (QED) is 0.841. The molecule has 1 aliphatic rings. The number of fused-ring (bicyclic) bond motifs is 1. The van der Waals surface area contributed by atoms with E-state index >= 15 is 0 Å². The Hall–Kier alpha value is -2.82. The van der Waals surface area contributed by atoms with E-state index in [1.54, 1.807) is 0 Å². The molecule has 26 heavy (non-hydrogen) atoms. The zero-order chi connectivity index (χ0) is 18.5. The first-order valence-corrected chi connectivity index (χ1v) is 9.08. The third-order valence-corrected chi connectivity index (χ3v) is 4.61. The van der Waals surface area contributed by atoms with Gasteiger partial charge in [-0.3, -0.25) is 9.59 Å². The molecule has 0 spiro atoms. The van der Waals surface area contributed by atoms with Crippen molar-refractivity contribution in [3.05, 3.63) is 59.7 Å². The third-order valence-electron chi connectivity index (χ3n) is 4.61. The largest absolute Gasteiger partial charge is 0.376 e. The minimum absolute atomic E-state index is 0.0186. The summed E-state index contributed by atoms with van der Waals surface area (Å²) in [4.78, 5) is 26.2. The number of carbonyl (C=O) groups excluding carboxylic acids is 2. The minimum atomic E-state index is 0.0186. The van der Waals surface area contributed by atoms with Gasteiger partial charge in [-0.2, -0.15) is 0 Å². The smallest absolute Gasteiger partial charge is 0.246 e. The first kappa shape index (κ1) is 18.0. The van der Waals surface area contributed by atoms with Crippen LogP contribution in [0.15, 0.2) is 48.5 Å². The minimum Gasteiger partial charge on any atom is -0.376 e. The van der Waals surface area contributed by atoms with Gasteiger partial charge < -0.3 is 15.5 Å². The summed E-state index contributed by atoms with van der Waals surface area (Å²) in [7, 11) is 0. The maximum Gasteiger partial charge on any atom is 0.246 e. The summed E-state index contributed by atoms with van der Waals surface area (Å²) < 4.78 is 0. The summed E-state index contributed by atoms with van der Waals surface area (Å²) in [5, 5.41) is 5.97. The Morgan fingerprint density at radius 3 is 2.58 bits per heavy atom. The van der Waals surface area contributed by atoms with E-state index in [-0.39, 0.29) is 24.4 Å². The van der Waals surface area contributed by atoms with Crippen molar-refractivity contribution in [3.8, 4) is 0 Å². The summed E-state index contributed by atoms with van der Waals surface area (Å²) in [6.45, 7) is 4.86. The molecule has 1 heterocycles. The van der Waals surface area contributed by atoms with Crippen molar-refractivity contribution in [2.45, 2.75) is 32.7 Å². The van der Waals surface area contributed by atoms with Crippen molar-refractivity contribution in [3.63, 3.8) is 0 Å². The van der Waals surface area contributed by atoms with E-state index in [4.69, 9.17) is 0 Å². The number of carbonyl (C=O) groups is 2. The Morgan fingerprint density at radius 1 is 1.12 bits per heavy atom. The van der Waals surface area contributed by atoms with Crippen LogP contribution in [0, 0.1) is 0 Å². The van der Waals surface area contributed by atoms with Crippen LogP contribution in [0.4, 0.5) is 11.4 Å². The van der Waals surface area contributed by atoms with Crippen molar-refractivity contribution in [1.29, 1.82) is 0 Å². The Kier molecular flexibility index (Phi) is 5.56. The molecule has 0 bridgehead atoms. The summed E-state index contributed by atoms with van der Waals surface area (Å²) in [5.41, 5.74) is 4.07. The van der Waals surface area contributed by atoms with E-state index in [0.717, 1.165) is 23.4 Å². The van der Waals surface area contributed by atoms with Crippen LogP contribution in [0.5, 0.6) is 0 Å². The molecule has 0 saturated heterocycles. The second-order valence-corrected chi connectivity index (χ2v) is 6.63. The number of benzene rings is 2. The summed E-state index contributed by atoms with van der Waals surface area (Å²) in [5.74, 6) is 0.0823. The Bertz CT molecular complexity index is 786. The second kappa shape index (κ2) is 8.04. The van der Waals surface area contributed by atoms with Crippen LogP contribution >= 0.6 is 0 Å². The van der Waals surface area contributed by atoms with E-state index in [0.29, 0.717) is 13.0 Å². The first-order chi connectivity index (χ1) is 12.6. The van der Waals surface area contributed by atoms with Crippen LogP contribution in [-0.4, -0.2) is 30.9 Å². The van der Waals surface area contributed by atoms with Crippen LogP contribution < -0.4 is 15.5 Å². The Balaban J connectivity index is 1.57. The maximum absolute atomic E-state index is 12.7. The molecule has 2 amide bonds. The monoisotopic (exact) mass is 351 g/mol. The van der Waals surface area contributed by atoms with Gasteiger partial charge in [-0.15, -0.1) is 0 Å². The van der Waals surface area contributed by atoms with Gasteiger partial charge in [0.25, 0.3) is 0 Å². The number of rotatable bonds is 6. The molecule has 0 saturated carbocycles. The van der Waals surface area contributed by atoms with Gasteiger partial charge >= 0.3 is 0 Å². The highest BCUT2D eigenvalue weighted by molar-refractivity contribution is 5.98. The van der Waals surface area contributed by atoms with Crippen molar-refractivity contribution < 1.29 is 9.59 Å². The number of nitrogens with one attached hydrogen (secondary N) is 2. The Labute approximate surface area is 154 Å². The zero-order valence-electron chi connectivity index (χ0n) is 15.3. The molecule has 0 aliphatic carbocycles. The van der Waals surface area contributed by atoms with E-state index in [2.05, 4.69) is 23.6 Å². The number of hydrogen-bond donors (Lipinski definition) is 2. The molecule has 0 aromatic heterocycles. The standard InChI is InChI=1S/C21H25N3O2/c1-3-22-20(25)13-16-8-10-18(11-9-16)23-14-21(26)24-15(2)12-17-6-4-5-7-19(17)24/h4-11,15,23H,3,12-14H2,1-2H3,(H,22,25)/t15-/m0/s1. The van der Waals surface area contributed by atoms with E-state index < -0.39 is 0 Å². The van der Waals surface area contributed by atoms with Gasteiger partial charge in [0.1, 0.15) is 0 Å². The lowest BCUT2D eigenvalue weighted by molar-refractivity contribution is -0.120. The summed E-state index contributed by atoms with van der Waals surface area (Å²) in [6, 6.07) is 15.9. The fourth-order valence-corrected chi connectivity index (χ4v) is 3.39. The molecule has 0 unspecified atom stereocenters. The molecule has 3 rings (SSSR count). The van der Waals surface area contributed by atoms with Crippen molar-refractivity contribution >= 4 is 23.2 Å². The highest BCUT2D eigenvalue weighted by Crippen LogP contribution is 2.31. The van der Waals surface area contributed by atoms with Gasteiger partial charge in [0.2, 0.25) is 11.8 Å². The third kappa shape index (κ3) is 4.04. The second-order valence-electron chi connectivity index (χ2n) is 6.63. The van der Waals surface area contributed by atoms with E-state index in [1.807, 2.05) is 54.3 Å². The molecular weight excluding hydrogens is 326 g/mol. The highest BCUT2D eigenvalue weighted by atomic mass is 16.2. The molecule has 0 radical (unpaired) electrons. The number of anilines is 2. The normalized spacial score (nSPS) is 15.5. The average molecular weight is 351 g/mol. The molecule has 1 aliphatic heterocycles. The molecular formula is C21H25N3O2. The maximum atomic E-state index is 12.7. The number of likely N-dealkylation sites (N-methyl/N-ethyl adjacent to an activating group) is 1. The van der Waals surface area contributed by atoms with Gasteiger partial charge in [-0.05, 0) is 49.6 Å². The van der Waals surface area contributed by atoms with Gasteiger partial charge in [0.05, 0.1) is 13.0 Å². The fraction of sp³-hybridized carbons (Fsp3) is 0.333. The first-order valence-electron chi connectivity index (χ1n) is 9.08. The van der Waals surface area contributed by atoms with E-state index in [9.17, 15) is 9.59 Å². The van der Waals surface area contributed by atoms with Gasteiger partial charge in [0, 0.05) is 24.0 Å². The van der Waals surface area contributed by atoms with Gasteiger partial charge in [0.15, 0.2) is 0 Å². The molecule has 0 fully saturated rings. The summed E-state index contributed by atoms with van der Waals surface area (Å²) >= 11 is 0. The summed E-state index contributed by atoms with van der Waals surface area (Å²) in [6.07, 6.45) is 1.27. The topological polar surface area (TPSA) is 61.4 Å².